The first-order valence-corrected chi connectivity index (χ1v) is 27.0. The molecule has 22 nitrogen and oxygen atoms in total. The predicted octanol–water partition coefficient (Wildman–Crippen LogP) is 6.33. The van der Waals surface area contributed by atoms with Crippen molar-refractivity contribution in [3.63, 3.8) is 0 Å². The van der Waals surface area contributed by atoms with Gasteiger partial charge >= 0.3 is 11.6 Å². The zero-order chi connectivity index (χ0) is 55.8. The van der Waals surface area contributed by atoms with Crippen LogP contribution in [0.3, 0.4) is 0 Å². The summed E-state index contributed by atoms with van der Waals surface area (Å²) >= 11 is 3.11. The van der Waals surface area contributed by atoms with Crippen LogP contribution in [0.2, 0.25) is 0 Å². The minimum absolute atomic E-state index is 0.0396. The highest BCUT2D eigenvalue weighted by atomic mass is 79.9. The molecule has 3 aromatic heterocycles. The summed E-state index contributed by atoms with van der Waals surface area (Å²) in [6.45, 7) is 9.71. The molecule has 414 valence electrons. The summed E-state index contributed by atoms with van der Waals surface area (Å²) in [5.41, 5.74) is 3.99. The first-order valence-electron chi connectivity index (χ1n) is 24.7. The van der Waals surface area contributed by atoms with Gasteiger partial charge < -0.3 is 59.9 Å². The van der Waals surface area contributed by atoms with E-state index in [1.807, 2.05) is 18.3 Å². The van der Waals surface area contributed by atoms with E-state index in [4.69, 9.17) is 14.6 Å². The molecule has 2 N–H and O–H groups in total. The van der Waals surface area contributed by atoms with E-state index in [2.05, 4.69) is 103 Å². The minimum Gasteiger partial charge on any atom is -0.497 e. The summed E-state index contributed by atoms with van der Waals surface area (Å²) in [5.74, 6) is 0.348. The number of hydrogen-bond acceptors (Lipinski definition) is 18. The lowest BCUT2D eigenvalue weighted by molar-refractivity contribution is -0.389. The molecule has 0 amide bonds. The SMILES string of the molecule is CN(C)C1CCN(c2ccc([N+](=O)[O-])nc2)CC1.CN(C)C1CCNCC1.COc1cc(C)c(S(=O)(=O)N(C)CCC(=O)Cc2ccc(N3CCC(N(C)C)CC3)cn2)c(C)c1.O=CO.O=[N+]([O-])c1ccc(Br)cn1. The van der Waals surface area contributed by atoms with Crippen molar-refractivity contribution in [2.24, 2.45) is 0 Å². The van der Waals surface area contributed by atoms with Crippen LogP contribution in [-0.4, -0.2) is 190 Å². The van der Waals surface area contributed by atoms with Crippen molar-refractivity contribution >= 4 is 61.2 Å². The van der Waals surface area contributed by atoms with E-state index in [1.165, 1.54) is 55.6 Å². The zero-order valence-electron chi connectivity index (χ0n) is 45.1. The van der Waals surface area contributed by atoms with Gasteiger partial charge in [0.05, 0.1) is 34.0 Å². The van der Waals surface area contributed by atoms with Gasteiger partial charge in [-0.15, -0.1) is 0 Å². The lowest BCUT2D eigenvalue weighted by Gasteiger charge is -2.36. The van der Waals surface area contributed by atoms with Crippen molar-refractivity contribution < 1.29 is 37.7 Å². The van der Waals surface area contributed by atoms with Gasteiger partial charge in [-0.25, -0.2) is 12.7 Å². The third kappa shape index (κ3) is 21.1. The van der Waals surface area contributed by atoms with E-state index in [1.54, 1.807) is 51.4 Å². The highest BCUT2D eigenvalue weighted by Crippen LogP contribution is 2.28. The van der Waals surface area contributed by atoms with Gasteiger partial charge in [-0.2, -0.15) is 0 Å². The van der Waals surface area contributed by atoms with E-state index < -0.39 is 19.9 Å². The van der Waals surface area contributed by atoms with E-state index in [0.29, 0.717) is 34.7 Å². The number of anilines is 2. The number of sulfonamides is 1. The molecule has 0 bridgehead atoms. The summed E-state index contributed by atoms with van der Waals surface area (Å²) in [6, 6.07) is 15.6. The van der Waals surface area contributed by atoms with Gasteiger partial charge in [0.2, 0.25) is 10.0 Å². The number of nitrogens with zero attached hydrogens (tertiary/aromatic N) is 11. The number of benzene rings is 1. The number of nitrogens with one attached hydrogen (secondary N) is 1. The first-order chi connectivity index (χ1) is 35.5. The number of ketones is 1. The monoisotopic (exact) mass is 1130 g/mol. The molecule has 1 aromatic carbocycles. The standard InChI is InChI=1S/C26H38N4O4S.C12H18N4O2.C7H16N2.C5H3BrN2O2.CH2O2/c1-19-15-25(34-6)16-20(2)26(19)35(32,33)29(5)12-11-24(31)17-21-7-8-23(18-27-21)30-13-9-22(10-14-30)28(3)4;1-14(2)10-5-7-15(8-6-10)11-3-4-12(13-9-11)16(17)18;1-9(2)7-3-5-8-6-4-7;6-4-1-2-5(7-3-4)8(9)10;2-1-3/h7-8,15-16,18,22H,9-14,17H2,1-6H3;3-4,9-10H,5-8H2,1-2H3;7-8H,3-6H2,1-2H3;1-3H;1H,(H,2,3). The smallest absolute Gasteiger partial charge is 0.363 e. The number of carbonyl (C=O) groups is 2. The van der Waals surface area contributed by atoms with Gasteiger partial charge in [0.25, 0.3) is 6.47 Å². The van der Waals surface area contributed by atoms with Crippen molar-refractivity contribution in [3.8, 4) is 5.75 Å². The average Bonchev–Trinajstić information content (AvgIpc) is 3.39. The number of halogens is 1. The van der Waals surface area contributed by atoms with Gasteiger partial charge in [0.1, 0.15) is 11.5 Å². The van der Waals surface area contributed by atoms with Gasteiger partial charge in [0.15, 0.2) is 12.4 Å². The molecule has 3 aliphatic rings. The lowest BCUT2D eigenvalue weighted by Crippen LogP contribution is -2.42. The van der Waals surface area contributed by atoms with Gasteiger partial charge in [-0.1, -0.05) is 0 Å². The summed E-state index contributed by atoms with van der Waals surface area (Å²) in [7, 11) is 12.1. The maximum atomic E-state index is 13.1. The fraction of sp³-hybridized carbons (Fsp3) is 0.549. The number of carboxylic acid groups (broad SMARTS) is 1. The van der Waals surface area contributed by atoms with Crippen LogP contribution in [0.5, 0.6) is 5.75 Å². The number of carbonyl (C=O) groups excluding carboxylic acids is 1. The average molecular weight is 1130 g/mol. The second-order valence-electron chi connectivity index (χ2n) is 19.0. The number of ether oxygens (including phenoxy) is 1. The Morgan fingerprint density at radius 2 is 1.17 bits per heavy atom. The second kappa shape index (κ2) is 32.0. The Morgan fingerprint density at radius 1 is 0.747 bits per heavy atom. The first kappa shape index (κ1) is 63.5. The molecule has 6 heterocycles. The van der Waals surface area contributed by atoms with Crippen molar-refractivity contribution in [1.29, 1.82) is 0 Å². The molecule has 24 heteroatoms. The van der Waals surface area contributed by atoms with Crippen LogP contribution in [0.4, 0.5) is 23.0 Å². The molecular weight excluding hydrogens is 1050 g/mol. The van der Waals surface area contributed by atoms with Crippen molar-refractivity contribution in [2.75, 3.05) is 112 Å². The number of methoxy groups -OCH3 is 1. The number of rotatable bonds is 15. The molecule has 75 heavy (non-hydrogen) atoms. The third-order valence-corrected chi connectivity index (χ3v) is 15.8. The molecule has 3 saturated heterocycles. The highest BCUT2D eigenvalue weighted by Gasteiger charge is 2.27. The van der Waals surface area contributed by atoms with Crippen LogP contribution >= 0.6 is 15.9 Å². The number of nitro groups is 2. The molecule has 4 aromatic rings. The molecular formula is C51H77BrN12O10S. The van der Waals surface area contributed by atoms with Crippen molar-refractivity contribution in [1.82, 2.24) is 39.3 Å². The van der Waals surface area contributed by atoms with E-state index in [9.17, 15) is 33.4 Å². The Kier molecular flexibility index (Phi) is 27.1. The van der Waals surface area contributed by atoms with E-state index in [0.717, 1.165) is 73.8 Å². The Balaban J connectivity index is 0.000000303. The second-order valence-corrected chi connectivity index (χ2v) is 21.9. The van der Waals surface area contributed by atoms with Gasteiger partial charge in [0, 0.05) is 88.6 Å². The maximum absolute atomic E-state index is 13.1. The van der Waals surface area contributed by atoms with Crippen LogP contribution in [0.25, 0.3) is 0 Å². The highest BCUT2D eigenvalue weighted by molar-refractivity contribution is 9.10. The molecule has 0 saturated carbocycles. The topological polar surface area (TPSA) is 254 Å². The van der Waals surface area contributed by atoms with Crippen molar-refractivity contribution in [2.45, 2.75) is 88.2 Å². The summed E-state index contributed by atoms with van der Waals surface area (Å²) in [6.07, 6.45) is 12.2. The summed E-state index contributed by atoms with van der Waals surface area (Å²) < 4.78 is 33.5. The van der Waals surface area contributed by atoms with Gasteiger partial charge in [-0.3, -0.25) is 14.6 Å². The van der Waals surface area contributed by atoms with Crippen LogP contribution in [0.1, 0.15) is 61.8 Å². The van der Waals surface area contributed by atoms with Crippen LogP contribution in [0.15, 0.2) is 76.5 Å². The molecule has 3 fully saturated rings. The Hall–Kier alpha value is -5.76. The fourth-order valence-electron chi connectivity index (χ4n) is 8.75. The van der Waals surface area contributed by atoms with Crippen LogP contribution < -0.4 is 19.9 Å². The van der Waals surface area contributed by atoms with E-state index in [-0.39, 0.29) is 48.2 Å². The molecule has 0 spiro atoms. The summed E-state index contributed by atoms with van der Waals surface area (Å²) in [4.78, 5) is 64.1. The largest absolute Gasteiger partial charge is 0.497 e. The fourth-order valence-corrected chi connectivity index (χ4v) is 10.6. The predicted molar refractivity (Wildman–Crippen MR) is 295 cm³/mol. The Bertz CT molecular complexity index is 2460. The molecule has 0 atom stereocenters. The number of hydrogen-bond donors (Lipinski definition) is 2. The molecule has 0 aliphatic carbocycles. The quantitative estimate of drug-likeness (QED) is 0.0749. The molecule has 7 rings (SSSR count). The number of aromatic nitrogens is 3. The maximum Gasteiger partial charge on any atom is 0.363 e. The number of Topliss-reactive ketones (excluding diaryl/α,β-unsaturated/α-hetero) is 1. The van der Waals surface area contributed by atoms with Gasteiger partial charge in [-0.05, 0) is 191 Å². The molecule has 3 aliphatic heterocycles. The summed E-state index contributed by atoms with van der Waals surface area (Å²) in [5, 5.41) is 30.8. The third-order valence-electron chi connectivity index (χ3n) is 13.2. The normalized spacial score (nSPS) is 15.3. The number of aryl methyl sites for hydroxylation is 2. The molecule has 0 radical (unpaired) electrons. The van der Waals surface area contributed by atoms with Crippen LogP contribution in [0, 0.1) is 34.1 Å². The van der Waals surface area contributed by atoms with E-state index >= 15 is 0 Å². The minimum atomic E-state index is -3.72. The Labute approximate surface area is 450 Å². The number of piperidine rings is 3. The zero-order valence-corrected chi connectivity index (χ0v) is 47.5. The van der Waals surface area contributed by atoms with Crippen molar-refractivity contribution in [3.05, 3.63) is 109 Å². The lowest BCUT2D eigenvalue weighted by atomic mass is 10.0. The number of pyridine rings is 3. The Morgan fingerprint density at radius 3 is 1.53 bits per heavy atom. The van der Waals surface area contributed by atoms with Crippen LogP contribution in [-0.2, 0) is 26.0 Å². The molecule has 0 unspecified atom stereocenters.